The molecule has 0 saturated heterocycles. The monoisotopic (exact) mass is 430 g/mol. The fraction of sp³-hybridized carbons (Fsp3) is 0.720. The maximum Gasteiger partial charge on any atom is 0.306 e. The van der Waals surface area contributed by atoms with Gasteiger partial charge < -0.3 is 14.9 Å². The summed E-state index contributed by atoms with van der Waals surface area (Å²) in [5, 5.41) is 21.3. The molecule has 4 rings (SSSR count). The van der Waals surface area contributed by atoms with Gasteiger partial charge >= 0.3 is 5.97 Å². The van der Waals surface area contributed by atoms with Gasteiger partial charge in [-0.1, -0.05) is 39.3 Å². The molecule has 0 bridgehead atoms. The van der Waals surface area contributed by atoms with Crippen LogP contribution in [0.2, 0.25) is 0 Å². The average Bonchev–Trinajstić information content (AvgIpc) is 3.01. The molecule has 0 aliphatic heterocycles. The smallest absolute Gasteiger partial charge is 0.306 e. The molecule has 0 aromatic carbocycles. The molecular weight excluding hydrogens is 396 g/mol. The van der Waals surface area contributed by atoms with Gasteiger partial charge in [0.25, 0.3) is 0 Å². The van der Waals surface area contributed by atoms with Crippen LogP contribution < -0.4 is 0 Å². The molecule has 8 atom stereocenters. The first-order chi connectivity index (χ1) is 14.5. The van der Waals surface area contributed by atoms with Crippen LogP contribution in [0.15, 0.2) is 23.8 Å². The summed E-state index contributed by atoms with van der Waals surface area (Å²) in [7, 11) is 0. The van der Waals surface area contributed by atoms with Gasteiger partial charge in [0.1, 0.15) is 6.61 Å². The molecule has 4 aliphatic rings. The first kappa shape index (κ1) is 22.4. The number of fused-ring (bicyclic) bond motifs is 5. The Hall–Kier alpha value is -1.79. The van der Waals surface area contributed by atoms with E-state index in [1.54, 1.807) is 19.1 Å². The van der Waals surface area contributed by atoms with Crippen molar-refractivity contribution in [1.29, 1.82) is 0 Å². The van der Waals surface area contributed by atoms with Crippen LogP contribution in [0.25, 0.3) is 0 Å². The van der Waals surface area contributed by atoms with Gasteiger partial charge in [-0.3, -0.25) is 14.4 Å². The number of Topliss-reactive ketones (excluding diaryl/α,β-unsaturated/α-hetero) is 1. The van der Waals surface area contributed by atoms with Gasteiger partial charge in [-0.25, -0.2) is 0 Å². The molecule has 1 unspecified atom stereocenters. The molecule has 0 aromatic rings. The molecule has 3 saturated carbocycles. The summed E-state index contributed by atoms with van der Waals surface area (Å²) < 4.78 is 5.84. The number of hydrogen-bond acceptors (Lipinski definition) is 6. The minimum absolute atomic E-state index is 0.00665. The molecule has 2 N–H and O–H groups in total. The van der Waals surface area contributed by atoms with Crippen molar-refractivity contribution in [1.82, 2.24) is 0 Å². The van der Waals surface area contributed by atoms with Gasteiger partial charge in [0.2, 0.25) is 5.78 Å². The highest BCUT2D eigenvalue weighted by Gasteiger charge is 2.70. The summed E-state index contributed by atoms with van der Waals surface area (Å²) in [6, 6.07) is 0. The highest BCUT2D eigenvalue weighted by Crippen LogP contribution is 2.68. The minimum Gasteiger partial charge on any atom is -0.450 e. The summed E-state index contributed by atoms with van der Waals surface area (Å²) >= 11 is 0. The van der Waals surface area contributed by atoms with E-state index in [2.05, 4.69) is 13.8 Å². The third-order valence-electron chi connectivity index (χ3n) is 9.11. The van der Waals surface area contributed by atoms with Crippen LogP contribution in [-0.4, -0.2) is 46.1 Å². The Morgan fingerprint density at radius 2 is 2.00 bits per heavy atom. The van der Waals surface area contributed by atoms with E-state index in [-0.39, 0.29) is 35.9 Å². The number of esters is 1. The number of hydrogen-bond donors (Lipinski definition) is 2. The lowest BCUT2D eigenvalue weighted by Crippen LogP contribution is -2.63. The Morgan fingerprint density at radius 3 is 2.65 bits per heavy atom. The van der Waals surface area contributed by atoms with E-state index in [1.807, 2.05) is 13.0 Å². The van der Waals surface area contributed by atoms with E-state index < -0.39 is 40.9 Å². The van der Waals surface area contributed by atoms with E-state index in [9.17, 15) is 24.6 Å². The summed E-state index contributed by atoms with van der Waals surface area (Å²) in [6.07, 6.45) is 6.95. The molecule has 0 spiro atoms. The van der Waals surface area contributed by atoms with Crippen molar-refractivity contribution in [2.24, 2.45) is 34.5 Å². The zero-order valence-electron chi connectivity index (χ0n) is 18.9. The normalized spacial score (nSPS) is 45.9. The predicted molar refractivity (Wildman–Crippen MR) is 114 cm³/mol. The van der Waals surface area contributed by atoms with Gasteiger partial charge in [0, 0.05) is 23.2 Å². The van der Waals surface area contributed by atoms with Crippen LogP contribution in [-0.2, 0) is 19.1 Å². The van der Waals surface area contributed by atoms with Crippen molar-refractivity contribution in [3.05, 3.63) is 23.8 Å². The number of ether oxygens (including phenoxy) is 1. The number of ketones is 2. The molecule has 31 heavy (non-hydrogen) atoms. The molecule has 6 heteroatoms. The van der Waals surface area contributed by atoms with Crippen molar-refractivity contribution >= 4 is 17.5 Å². The number of carbonyl (C=O) groups is 3. The molecule has 0 radical (unpaired) electrons. The Balaban J connectivity index is 1.79. The van der Waals surface area contributed by atoms with E-state index >= 15 is 0 Å². The lowest BCUT2D eigenvalue weighted by atomic mass is 9.44. The number of carbonyl (C=O) groups excluding carboxylic acids is 3. The lowest BCUT2D eigenvalue weighted by molar-refractivity contribution is -0.201. The molecule has 4 aliphatic carbocycles. The van der Waals surface area contributed by atoms with Crippen LogP contribution in [0.3, 0.4) is 0 Å². The van der Waals surface area contributed by atoms with E-state index in [0.29, 0.717) is 19.3 Å². The number of rotatable bonds is 4. The van der Waals surface area contributed by atoms with Gasteiger partial charge in [-0.15, -0.1) is 0 Å². The first-order valence-electron chi connectivity index (χ1n) is 11.5. The predicted octanol–water partition coefficient (Wildman–Crippen LogP) is 2.76. The van der Waals surface area contributed by atoms with Crippen LogP contribution in [0.1, 0.15) is 59.8 Å². The largest absolute Gasteiger partial charge is 0.450 e. The Morgan fingerprint density at radius 1 is 1.29 bits per heavy atom. The lowest BCUT2D eigenvalue weighted by Gasteiger charge is -2.61. The van der Waals surface area contributed by atoms with Crippen LogP contribution in [0.4, 0.5) is 0 Å². The minimum atomic E-state index is -1.40. The molecular formula is C25H34O6. The summed E-state index contributed by atoms with van der Waals surface area (Å²) in [4.78, 5) is 37.4. The van der Waals surface area contributed by atoms with Crippen molar-refractivity contribution in [3.63, 3.8) is 0 Å². The highest BCUT2D eigenvalue weighted by molar-refractivity contribution is 6.01. The fourth-order valence-electron chi connectivity index (χ4n) is 7.81. The van der Waals surface area contributed by atoms with Crippen LogP contribution in [0.5, 0.6) is 0 Å². The number of aliphatic hydroxyl groups excluding tert-OH is 2. The van der Waals surface area contributed by atoms with Crippen molar-refractivity contribution in [3.8, 4) is 0 Å². The van der Waals surface area contributed by atoms with Gasteiger partial charge in [-0.05, 0) is 55.6 Å². The second-order valence-electron chi connectivity index (χ2n) is 10.5. The van der Waals surface area contributed by atoms with Crippen molar-refractivity contribution in [2.45, 2.75) is 71.5 Å². The standard InChI is InChI=1S/C25H34O6/c1-5-21(30)31-25(20(29)13-26)9-7-17-16-10-14(2)18-11-15(27)6-8-23(18,3)22(16)19(28)12-24(17,25)4/h6,8,11,14,16-17,19,22,26,28H,5,7,9-10,12-13H2,1-4H3/t14-,16-,17-,19?,22+,23-,24-,25-/m0/s1. The Bertz CT molecular complexity index is 873. The number of aliphatic hydroxyl groups is 2. The third-order valence-corrected chi connectivity index (χ3v) is 9.11. The second kappa shape index (κ2) is 7.38. The molecule has 3 fully saturated rings. The van der Waals surface area contributed by atoms with E-state index in [4.69, 9.17) is 4.74 Å². The number of allylic oxidation sites excluding steroid dienone is 4. The summed E-state index contributed by atoms with van der Waals surface area (Å²) in [5.74, 6) is -0.624. The molecule has 0 amide bonds. The zero-order valence-corrected chi connectivity index (χ0v) is 18.9. The molecule has 170 valence electrons. The van der Waals surface area contributed by atoms with Gasteiger partial charge in [-0.2, -0.15) is 0 Å². The second-order valence-corrected chi connectivity index (χ2v) is 10.5. The molecule has 0 heterocycles. The third kappa shape index (κ3) is 2.94. The van der Waals surface area contributed by atoms with Crippen LogP contribution >= 0.6 is 0 Å². The topological polar surface area (TPSA) is 101 Å². The van der Waals surface area contributed by atoms with Crippen molar-refractivity contribution in [2.75, 3.05) is 6.61 Å². The average molecular weight is 431 g/mol. The van der Waals surface area contributed by atoms with Crippen LogP contribution in [0, 0.1) is 34.5 Å². The zero-order chi connectivity index (χ0) is 22.8. The van der Waals surface area contributed by atoms with Gasteiger partial charge in [0.15, 0.2) is 11.4 Å². The highest BCUT2D eigenvalue weighted by atomic mass is 16.6. The SMILES string of the molecule is CCC(=O)O[C@]1(C(=O)CO)CC[C@H]2[C@@H]3C[C@H](C)C4=CC(=O)C=C[C@]4(C)[C@H]3C(O)C[C@@]21C. The summed E-state index contributed by atoms with van der Waals surface area (Å²) in [6.45, 7) is 7.20. The van der Waals surface area contributed by atoms with Crippen molar-refractivity contribution < 1.29 is 29.3 Å². The Kier molecular flexibility index (Phi) is 5.33. The quantitative estimate of drug-likeness (QED) is 0.665. The summed E-state index contributed by atoms with van der Waals surface area (Å²) in [5.41, 5.74) is -1.48. The maximum atomic E-state index is 13.0. The molecule has 0 aromatic heterocycles. The molecule has 6 nitrogen and oxygen atoms in total. The maximum absolute atomic E-state index is 13.0. The Labute approximate surface area is 183 Å². The first-order valence-corrected chi connectivity index (χ1v) is 11.5. The van der Waals surface area contributed by atoms with Gasteiger partial charge in [0.05, 0.1) is 6.10 Å². The van der Waals surface area contributed by atoms with E-state index in [1.165, 1.54) is 0 Å². The fourth-order valence-corrected chi connectivity index (χ4v) is 7.81. The van der Waals surface area contributed by atoms with E-state index in [0.717, 1.165) is 12.0 Å².